The van der Waals surface area contributed by atoms with E-state index in [1.165, 1.54) is 4.90 Å². The second-order valence-electron chi connectivity index (χ2n) is 4.54. The van der Waals surface area contributed by atoms with E-state index in [9.17, 15) is 9.59 Å². The van der Waals surface area contributed by atoms with Crippen molar-refractivity contribution in [3.8, 4) is 0 Å². The molecule has 1 rings (SSSR count). The molecule has 0 saturated heterocycles. The summed E-state index contributed by atoms with van der Waals surface area (Å²) in [6.45, 7) is 4.75. The predicted molar refractivity (Wildman–Crippen MR) is 82.8 cm³/mol. The number of aliphatic carboxylic acids is 1. The van der Waals surface area contributed by atoms with Crippen LogP contribution in [0.4, 0.5) is 0 Å². The van der Waals surface area contributed by atoms with Crippen molar-refractivity contribution in [2.75, 3.05) is 20.1 Å². The number of hydrogen-bond acceptors (Lipinski definition) is 4. The second kappa shape index (κ2) is 7.75. The monoisotopic (exact) mass is 362 g/mol. The van der Waals surface area contributed by atoms with Crippen molar-refractivity contribution in [3.05, 3.63) is 20.8 Å². The zero-order chi connectivity index (χ0) is 15.3. The summed E-state index contributed by atoms with van der Waals surface area (Å²) >= 11 is 4.99. The molecule has 1 heterocycles. The van der Waals surface area contributed by atoms with E-state index >= 15 is 0 Å². The molecule has 112 valence electrons. The van der Waals surface area contributed by atoms with Gasteiger partial charge in [-0.15, -0.1) is 11.3 Å². The molecule has 0 aliphatic rings. The summed E-state index contributed by atoms with van der Waals surface area (Å²) in [7, 11) is 1.65. The van der Waals surface area contributed by atoms with Gasteiger partial charge < -0.3 is 10.0 Å². The molecule has 7 heteroatoms. The lowest BCUT2D eigenvalue weighted by Gasteiger charge is -2.25. The summed E-state index contributed by atoms with van der Waals surface area (Å²) in [5.41, 5.74) is 0. The molecule has 0 aliphatic carbocycles. The molecule has 1 amide bonds. The van der Waals surface area contributed by atoms with Crippen LogP contribution in [-0.4, -0.2) is 53.0 Å². The Morgan fingerprint density at radius 3 is 2.55 bits per heavy atom. The molecule has 0 saturated carbocycles. The average molecular weight is 363 g/mol. The first kappa shape index (κ1) is 17.1. The molecule has 0 aliphatic heterocycles. The number of carboxylic acid groups (broad SMARTS) is 1. The summed E-state index contributed by atoms with van der Waals surface area (Å²) in [5.74, 6) is -0.988. The molecule has 0 bridgehead atoms. The van der Waals surface area contributed by atoms with Crippen molar-refractivity contribution in [2.24, 2.45) is 0 Å². The minimum absolute atomic E-state index is 0.0624. The summed E-state index contributed by atoms with van der Waals surface area (Å²) in [6, 6.07) is 3.26. The van der Waals surface area contributed by atoms with E-state index in [0.717, 1.165) is 8.66 Å². The summed E-state index contributed by atoms with van der Waals surface area (Å²) in [6.07, 6.45) is 0. The van der Waals surface area contributed by atoms with Crippen molar-refractivity contribution >= 4 is 39.1 Å². The zero-order valence-corrected chi connectivity index (χ0v) is 14.2. The molecule has 0 aromatic carbocycles. The quantitative estimate of drug-likeness (QED) is 0.807. The Balaban J connectivity index is 2.61. The maximum atomic E-state index is 12.2. The van der Waals surface area contributed by atoms with Crippen LogP contribution in [0.2, 0.25) is 0 Å². The lowest BCUT2D eigenvalue weighted by Crippen LogP contribution is -2.44. The summed E-state index contributed by atoms with van der Waals surface area (Å²) in [4.78, 5) is 27.5. The number of hydrogen-bond donors (Lipinski definition) is 1. The van der Waals surface area contributed by atoms with Gasteiger partial charge in [-0.05, 0) is 49.0 Å². The molecule has 1 atom stereocenters. The molecule has 1 N–H and O–H groups in total. The number of rotatable bonds is 7. The highest BCUT2D eigenvalue weighted by Crippen LogP contribution is 2.23. The molecule has 20 heavy (non-hydrogen) atoms. The minimum Gasteiger partial charge on any atom is -0.480 e. The Morgan fingerprint density at radius 1 is 1.45 bits per heavy atom. The van der Waals surface area contributed by atoms with Gasteiger partial charge in [0, 0.05) is 11.4 Å². The Labute approximate surface area is 131 Å². The number of halogens is 1. The van der Waals surface area contributed by atoms with Gasteiger partial charge in [0.1, 0.15) is 6.04 Å². The Hall–Kier alpha value is -0.920. The van der Waals surface area contributed by atoms with Crippen LogP contribution in [0.25, 0.3) is 0 Å². The number of carboxylic acids is 1. The van der Waals surface area contributed by atoms with Gasteiger partial charge >= 0.3 is 5.97 Å². The molecule has 0 radical (unpaired) electrons. The first-order chi connectivity index (χ1) is 9.35. The fraction of sp³-hybridized carbons (Fsp3) is 0.538. The Kier molecular flexibility index (Phi) is 6.64. The van der Waals surface area contributed by atoms with Crippen LogP contribution in [-0.2, 0) is 16.1 Å². The van der Waals surface area contributed by atoms with Crippen molar-refractivity contribution in [1.29, 1.82) is 0 Å². The Bertz CT molecular complexity index is 478. The smallest absolute Gasteiger partial charge is 0.320 e. The van der Waals surface area contributed by atoms with E-state index < -0.39 is 12.0 Å². The number of amides is 1. The first-order valence-electron chi connectivity index (χ1n) is 6.30. The van der Waals surface area contributed by atoms with Gasteiger partial charge in [0.05, 0.1) is 16.9 Å². The third kappa shape index (κ3) is 4.88. The van der Waals surface area contributed by atoms with Gasteiger partial charge in [-0.3, -0.25) is 14.5 Å². The standard InChI is InChI=1S/C13H19BrN2O3S/c1-4-16(7-10-5-6-11(14)20-10)12(17)8-15(3)9(2)13(18)19/h5-6,9H,4,7-8H2,1-3H3,(H,18,19). The van der Waals surface area contributed by atoms with Crippen molar-refractivity contribution in [1.82, 2.24) is 9.80 Å². The van der Waals surface area contributed by atoms with Gasteiger partial charge in [0.15, 0.2) is 0 Å². The van der Waals surface area contributed by atoms with Crippen molar-refractivity contribution < 1.29 is 14.7 Å². The van der Waals surface area contributed by atoms with Gasteiger partial charge in [0.25, 0.3) is 0 Å². The summed E-state index contributed by atoms with van der Waals surface area (Å²) < 4.78 is 1.03. The molecule has 1 unspecified atom stereocenters. The molecular weight excluding hydrogens is 344 g/mol. The van der Waals surface area contributed by atoms with Crippen LogP contribution in [0.1, 0.15) is 18.7 Å². The van der Waals surface area contributed by atoms with Crippen LogP contribution in [0, 0.1) is 0 Å². The summed E-state index contributed by atoms with van der Waals surface area (Å²) in [5, 5.41) is 8.93. The number of thiophene rings is 1. The fourth-order valence-electron chi connectivity index (χ4n) is 1.64. The number of nitrogens with zero attached hydrogens (tertiary/aromatic N) is 2. The van der Waals surface area contributed by atoms with Crippen molar-refractivity contribution in [3.63, 3.8) is 0 Å². The third-order valence-corrected chi connectivity index (χ3v) is 4.72. The number of carbonyl (C=O) groups is 2. The number of carbonyl (C=O) groups excluding carboxylic acids is 1. The van der Waals surface area contributed by atoms with Crippen LogP contribution < -0.4 is 0 Å². The lowest BCUT2D eigenvalue weighted by molar-refractivity contribution is -0.143. The lowest BCUT2D eigenvalue weighted by atomic mass is 10.3. The maximum absolute atomic E-state index is 12.2. The van der Waals surface area contributed by atoms with E-state index in [4.69, 9.17) is 5.11 Å². The van der Waals surface area contributed by atoms with Gasteiger partial charge in [0.2, 0.25) is 5.91 Å². The van der Waals surface area contributed by atoms with Crippen molar-refractivity contribution in [2.45, 2.75) is 26.4 Å². The highest BCUT2D eigenvalue weighted by Gasteiger charge is 2.21. The fourth-order valence-corrected chi connectivity index (χ4v) is 3.14. The highest BCUT2D eigenvalue weighted by atomic mass is 79.9. The van der Waals surface area contributed by atoms with E-state index in [1.54, 1.807) is 30.2 Å². The molecular formula is C13H19BrN2O3S. The molecule has 5 nitrogen and oxygen atoms in total. The zero-order valence-electron chi connectivity index (χ0n) is 11.8. The molecule has 1 aromatic heterocycles. The van der Waals surface area contributed by atoms with E-state index in [0.29, 0.717) is 13.1 Å². The van der Waals surface area contributed by atoms with E-state index in [-0.39, 0.29) is 12.5 Å². The van der Waals surface area contributed by atoms with Crippen LogP contribution in [0.15, 0.2) is 15.9 Å². The van der Waals surface area contributed by atoms with E-state index in [2.05, 4.69) is 15.9 Å². The number of likely N-dealkylation sites (N-methyl/N-ethyl adjacent to an activating group) is 2. The average Bonchev–Trinajstić information content (AvgIpc) is 2.80. The van der Waals surface area contributed by atoms with E-state index in [1.807, 2.05) is 19.1 Å². The van der Waals surface area contributed by atoms with Crippen LogP contribution in [0.3, 0.4) is 0 Å². The first-order valence-corrected chi connectivity index (χ1v) is 7.91. The predicted octanol–water partition coefficient (Wildman–Crippen LogP) is 2.26. The van der Waals surface area contributed by atoms with Crippen LogP contribution in [0.5, 0.6) is 0 Å². The normalized spacial score (nSPS) is 12.4. The molecule has 0 spiro atoms. The third-order valence-electron chi connectivity index (χ3n) is 3.11. The molecule has 1 aromatic rings. The SMILES string of the molecule is CCN(Cc1ccc(Br)s1)C(=O)CN(C)C(C)C(=O)O. The topological polar surface area (TPSA) is 60.9 Å². The maximum Gasteiger partial charge on any atom is 0.320 e. The highest BCUT2D eigenvalue weighted by molar-refractivity contribution is 9.11. The largest absolute Gasteiger partial charge is 0.480 e. The minimum atomic E-state index is -0.925. The molecule has 0 fully saturated rings. The van der Waals surface area contributed by atoms with Crippen LogP contribution >= 0.6 is 27.3 Å². The van der Waals surface area contributed by atoms with Gasteiger partial charge in [-0.25, -0.2) is 0 Å². The Morgan fingerprint density at radius 2 is 2.10 bits per heavy atom. The van der Waals surface area contributed by atoms with Gasteiger partial charge in [-0.2, -0.15) is 0 Å². The second-order valence-corrected chi connectivity index (χ2v) is 7.09. The van der Waals surface area contributed by atoms with Gasteiger partial charge in [-0.1, -0.05) is 0 Å².